The minimum absolute atomic E-state index is 0.284. The number of halogens is 3. The molecule has 1 aromatic carbocycles. The standard InChI is InChI=1S/C12H10F3NO.2C2H6/c1-7-4-3-5-9-10(7)8(6-16(9)2)11(17)12(13,14)15;2*1-2/h3-6H,1-2H3;2*1-2H3. The molecule has 0 unspecified atom stereocenters. The molecule has 0 radical (unpaired) electrons. The van der Waals surface area contributed by atoms with E-state index < -0.39 is 12.0 Å². The predicted octanol–water partition coefficient (Wildman–Crippen LogP) is 5.28. The summed E-state index contributed by atoms with van der Waals surface area (Å²) >= 11 is 0. The van der Waals surface area contributed by atoms with Gasteiger partial charge < -0.3 is 4.57 Å². The fourth-order valence-electron chi connectivity index (χ4n) is 1.95. The first-order valence-electron chi connectivity index (χ1n) is 6.98. The monoisotopic (exact) mass is 301 g/mol. The number of alkyl halides is 3. The van der Waals surface area contributed by atoms with Crippen LogP contribution in [0.15, 0.2) is 24.4 Å². The molecular weight excluding hydrogens is 279 g/mol. The highest BCUT2D eigenvalue weighted by Crippen LogP contribution is 2.29. The lowest BCUT2D eigenvalue weighted by Crippen LogP contribution is -2.22. The highest BCUT2D eigenvalue weighted by Gasteiger charge is 2.40. The van der Waals surface area contributed by atoms with E-state index in [0.29, 0.717) is 16.5 Å². The van der Waals surface area contributed by atoms with Crippen molar-refractivity contribution in [2.45, 2.75) is 40.8 Å². The number of fused-ring (bicyclic) bond motifs is 1. The largest absolute Gasteiger partial charge is 0.454 e. The smallest absolute Gasteiger partial charge is 0.350 e. The van der Waals surface area contributed by atoms with Gasteiger partial charge in [-0.25, -0.2) is 0 Å². The number of hydrogen-bond acceptors (Lipinski definition) is 1. The van der Waals surface area contributed by atoms with Gasteiger partial charge in [-0.1, -0.05) is 39.8 Å². The molecule has 2 rings (SSSR count). The number of benzene rings is 1. The van der Waals surface area contributed by atoms with Crippen molar-refractivity contribution in [1.82, 2.24) is 4.57 Å². The van der Waals surface area contributed by atoms with Gasteiger partial charge in [0.15, 0.2) is 0 Å². The second-order valence-electron chi connectivity index (χ2n) is 3.95. The highest BCUT2D eigenvalue weighted by molar-refractivity contribution is 6.11. The SMILES string of the molecule is CC.CC.Cc1cccc2c1c(C(=O)C(F)(F)F)cn2C. The van der Waals surface area contributed by atoms with Gasteiger partial charge in [0.2, 0.25) is 0 Å². The van der Waals surface area contributed by atoms with Crippen LogP contribution in [0, 0.1) is 6.92 Å². The van der Waals surface area contributed by atoms with Gasteiger partial charge in [-0.05, 0) is 18.6 Å². The van der Waals surface area contributed by atoms with Crippen LogP contribution in [0.25, 0.3) is 10.9 Å². The van der Waals surface area contributed by atoms with E-state index in [1.54, 1.807) is 32.2 Å². The van der Waals surface area contributed by atoms with Crippen molar-refractivity contribution in [1.29, 1.82) is 0 Å². The molecule has 118 valence electrons. The van der Waals surface area contributed by atoms with Crippen LogP contribution in [0.3, 0.4) is 0 Å². The maximum atomic E-state index is 12.4. The van der Waals surface area contributed by atoms with E-state index in [4.69, 9.17) is 0 Å². The Hall–Kier alpha value is -1.78. The Morgan fingerprint density at radius 2 is 1.62 bits per heavy atom. The quantitative estimate of drug-likeness (QED) is 0.656. The molecule has 0 saturated carbocycles. The Kier molecular flexibility index (Phi) is 7.19. The molecule has 0 fully saturated rings. The molecule has 0 aliphatic heterocycles. The van der Waals surface area contributed by atoms with Gasteiger partial charge in [-0.3, -0.25) is 4.79 Å². The Bertz CT molecular complexity index is 597. The minimum Gasteiger partial charge on any atom is -0.350 e. The van der Waals surface area contributed by atoms with Gasteiger partial charge in [-0.15, -0.1) is 0 Å². The number of ketones is 1. The zero-order chi connectivity index (χ0) is 16.8. The average Bonchev–Trinajstić information content (AvgIpc) is 2.80. The Morgan fingerprint density at radius 1 is 1.10 bits per heavy atom. The van der Waals surface area contributed by atoms with Gasteiger partial charge in [0, 0.05) is 24.1 Å². The number of Topliss-reactive ketones (excluding diaryl/α,β-unsaturated/α-hetero) is 1. The molecule has 0 aliphatic carbocycles. The summed E-state index contributed by atoms with van der Waals surface area (Å²) in [5.41, 5.74) is 1.00. The molecule has 0 N–H and O–H groups in total. The summed E-state index contributed by atoms with van der Waals surface area (Å²) in [7, 11) is 1.62. The van der Waals surface area contributed by atoms with E-state index in [1.165, 1.54) is 10.8 Å². The van der Waals surface area contributed by atoms with Gasteiger partial charge in [-0.2, -0.15) is 13.2 Å². The lowest BCUT2D eigenvalue weighted by Gasteiger charge is -2.04. The molecule has 5 heteroatoms. The first kappa shape index (κ1) is 19.2. The van der Waals surface area contributed by atoms with Crippen molar-refractivity contribution in [3.8, 4) is 0 Å². The van der Waals surface area contributed by atoms with Crippen LogP contribution in [0.2, 0.25) is 0 Å². The average molecular weight is 301 g/mol. The second kappa shape index (κ2) is 7.86. The van der Waals surface area contributed by atoms with Crippen molar-refractivity contribution in [2.24, 2.45) is 7.05 Å². The van der Waals surface area contributed by atoms with Crippen molar-refractivity contribution in [3.05, 3.63) is 35.5 Å². The predicted molar refractivity (Wildman–Crippen MR) is 80.7 cm³/mol. The van der Waals surface area contributed by atoms with Crippen LogP contribution in [0.4, 0.5) is 13.2 Å². The van der Waals surface area contributed by atoms with Crippen molar-refractivity contribution < 1.29 is 18.0 Å². The van der Waals surface area contributed by atoms with Crippen LogP contribution in [-0.4, -0.2) is 16.5 Å². The number of carbonyl (C=O) groups is 1. The molecule has 0 amide bonds. The van der Waals surface area contributed by atoms with Crippen LogP contribution >= 0.6 is 0 Å². The van der Waals surface area contributed by atoms with E-state index >= 15 is 0 Å². The van der Waals surface area contributed by atoms with Crippen molar-refractivity contribution >= 4 is 16.7 Å². The van der Waals surface area contributed by atoms with E-state index in [2.05, 4.69) is 0 Å². The van der Waals surface area contributed by atoms with Gasteiger partial charge >= 0.3 is 6.18 Å². The normalized spacial score (nSPS) is 10.3. The summed E-state index contributed by atoms with van der Waals surface area (Å²) in [6, 6.07) is 5.13. The minimum atomic E-state index is -4.84. The van der Waals surface area contributed by atoms with Crippen molar-refractivity contribution in [2.75, 3.05) is 0 Å². The molecule has 0 aliphatic rings. The molecule has 0 saturated heterocycles. The second-order valence-corrected chi connectivity index (χ2v) is 3.95. The zero-order valence-electron chi connectivity index (χ0n) is 13.3. The summed E-state index contributed by atoms with van der Waals surface area (Å²) in [5.74, 6) is -1.79. The third-order valence-electron chi connectivity index (χ3n) is 2.72. The molecular formula is C16H22F3NO. The lowest BCUT2D eigenvalue weighted by atomic mass is 10.0. The van der Waals surface area contributed by atoms with Crippen LogP contribution in [0.1, 0.15) is 43.6 Å². The number of hydrogen-bond donors (Lipinski definition) is 0. The van der Waals surface area contributed by atoms with Crippen LogP contribution in [-0.2, 0) is 7.05 Å². The first-order chi connectivity index (χ1) is 9.82. The molecule has 0 spiro atoms. The molecule has 0 bridgehead atoms. The first-order valence-corrected chi connectivity index (χ1v) is 6.98. The Labute approximate surface area is 123 Å². The number of aromatic nitrogens is 1. The fourth-order valence-corrected chi connectivity index (χ4v) is 1.95. The summed E-state index contributed by atoms with van der Waals surface area (Å²) in [4.78, 5) is 11.3. The molecule has 2 aromatic rings. The third-order valence-corrected chi connectivity index (χ3v) is 2.72. The topological polar surface area (TPSA) is 22.0 Å². The highest BCUT2D eigenvalue weighted by atomic mass is 19.4. The molecule has 1 aromatic heterocycles. The van der Waals surface area contributed by atoms with Gasteiger partial charge in [0.25, 0.3) is 5.78 Å². The van der Waals surface area contributed by atoms with Gasteiger partial charge in [0.05, 0.1) is 5.56 Å². The van der Waals surface area contributed by atoms with E-state index in [-0.39, 0.29) is 5.56 Å². The number of nitrogens with zero attached hydrogens (tertiary/aromatic N) is 1. The maximum Gasteiger partial charge on any atom is 0.454 e. The Morgan fingerprint density at radius 3 is 2.10 bits per heavy atom. The molecule has 1 heterocycles. The maximum absolute atomic E-state index is 12.4. The summed E-state index contributed by atoms with van der Waals surface area (Å²) in [5, 5.41) is 0.373. The number of rotatable bonds is 1. The van der Waals surface area contributed by atoms with Gasteiger partial charge in [0.1, 0.15) is 0 Å². The van der Waals surface area contributed by atoms with Crippen LogP contribution < -0.4 is 0 Å². The van der Waals surface area contributed by atoms with E-state index in [9.17, 15) is 18.0 Å². The molecule has 2 nitrogen and oxygen atoms in total. The summed E-state index contributed by atoms with van der Waals surface area (Å²) in [6.07, 6.45) is -3.61. The number of carbonyl (C=O) groups excluding carboxylic acids is 1. The molecule has 21 heavy (non-hydrogen) atoms. The summed E-state index contributed by atoms with van der Waals surface area (Å²) < 4.78 is 38.9. The van der Waals surface area contributed by atoms with E-state index in [0.717, 1.165) is 0 Å². The zero-order valence-corrected chi connectivity index (χ0v) is 13.3. The summed E-state index contributed by atoms with van der Waals surface area (Å²) in [6.45, 7) is 9.69. The van der Waals surface area contributed by atoms with Crippen molar-refractivity contribution in [3.63, 3.8) is 0 Å². The van der Waals surface area contributed by atoms with E-state index in [1.807, 2.05) is 27.7 Å². The Balaban J connectivity index is 0.000000921. The van der Waals surface area contributed by atoms with Crippen LogP contribution in [0.5, 0.6) is 0 Å². The number of aryl methyl sites for hydroxylation is 2. The molecule has 0 atom stereocenters. The fraction of sp³-hybridized carbons (Fsp3) is 0.438. The lowest BCUT2D eigenvalue weighted by molar-refractivity contribution is -0.0884. The third kappa shape index (κ3) is 4.09.